The summed E-state index contributed by atoms with van der Waals surface area (Å²) in [6.45, 7) is 4.25. The zero-order valence-corrected chi connectivity index (χ0v) is 16.3. The van der Waals surface area contributed by atoms with E-state index in [2.05, 4.69) is 27.4 Å². The molecule has 0 atom stereocenters. The molecule has 0 saturated carbocycles. The largest absolute Gasteiger partial charge is 0.352 e. The van der Waals surface area contributed by atoms with Gasteiger partial charge in [-0.15, -0.1) is 0 Å². The van der Waals surface area contributed by atoms with E-state index < -0.39 is 0 Å². The Bertz CT molecular complexity index is 942. The van der Waals surface area contributed by atoms with Gasteiger partial charge in [-0.2, -0.15) is 0 Å². The van der Waals surface area contributed by atoms with E-state index in [9.17, 15) is 4.79 Å². The lowest BCUT2D eigenvalue weighted by Crippen LogP contribution is -2.27. The van der Waals surface area contributed by atoms with Gasteiger partial charge in [0, 0.05) is 17.1 Å². The second-order valence-electron chi connectivity index (χ2n) is 6.44. The first kappa shape index (κ1) is 19.1. The lowest BCUT2D eigenvalue weighted by atomic mass is 10.0. The first-order valence-corrected chi connectivity index (χ1v) is 9.35. The summed E-state index contributed by atoms with van der Waals surface area (Å²) in [5.41, 5.74) is 3.86. The van der Waals surface area contributed by atoms with Gasteiger partial charge in [-0.25, -0.2) is 9.97 Å². The number of amides is 1. The van der Waals surface area contributed by atoms with Crippen LogP contribution in [0.2, 0.25) is 5.02 Å². The Morgan fingerprint density at radius 1 is 1.04 bits per heavy atom. The van der Waals surface area contributed by atoms with Gasteiger partial charge in [0.1, 0.15) is 5.82 Å². The van der Waals surface area contributed by atoms with Crippen molar-refractivity contribution in [3.8, 4) is 11.3 Å². The number of aryl methyl sites for hydroxylation is 3. The van der Waals surface area contributed by atoms with E-state index in [-0.39, 0.29) is 5.91 Å². The van der Waals surface area contributed by atoms with E-state index in [1.54, 1.807) is 6.07 Å². The van der Waals surface area contributed by atoms with E-state index in [0.29, 0.717) is 34.3 Å². The Hall–Kier alpha value is -2.72. The van der Waals surface area contributed by atoms with Crippen molar-refractivity contribution in [1.29, 1.82) is 0 Å². The minimum absolute atomic E-state index is 0.157. The van der Waals surface area contributed by atoms with E-state index in [1.165, 1.54) is 5.56 Å². The zero-order chi connectivity index (χ0) is 19.2. The first-order chi connectivity index (χ1) is 13.0. The molecule has 0 aliphatic carbocycles. The van der Waals surface area contributed by atoms with Crippen molar-refractivity contribution in [2.45, 2.75) is 26.7 Å². The molecule has 1 amide bonds. The fraction of sp³-hybridized carbons (Fsp3) is 0.227. The molecule has 0 aliphatic heterocycles. The van der Waals surface area contributed by atoms with Crippen molar-refractivity contribution in [1.82, 2.24) is 15.3 Å². The average molecular weight is 380 g/mol. The Morgan fingerprint density at radius 3 is 2.56 bits per heavy atom. The predicted molar refractivity (Wildman–Crippen MR) is 109 cm³/mol. The first-order valence-electron chi connectivity index (χ1n) is 8.98. The summed E-state index contributed by atoms with van der Waals surface area (Å²) in [5.74, 6) is 0.471. The monoisotopic (exact) mass is 379 g/mol. The molecule has 2 aromatic carbocycles. The zero-order valence-electron chi connectivity index (χ0n) is 15.5. The summed E-state index contributed by atoms with van der Waals surface area (Å²) >= 11 is 6.12. The second-order valence-corrected chi connectivity index (χ2v) is 6.87. The number of aromatic nitrogens is 2. The number of halogens is 1. The molecule has 0 aliphatic rings. The van der Waals surface area contributed by atoms with Gasteiger partial charge in [-0.1, -0.05) is 54.1 Å². The van der Waals surface area contributed by atoms with Crippen LogP contribution in [0.15, 0.2) is 54.6 Å². The standard InChI is InChI=1S/C22H22ClN3O/c1-15-20(22(27)24-13-7-10-17-8-4-3-5-9-17)21(26-16(2)25-15)18-11-6-12-19(23)14-18/h3-6,8-9,11-12,14H,7,10,13H2,1-2H3,(H,24,27). The van der Waals surface area contributed by atoms with Gasteiger partial charge in [-0.05, 0) is 44.4 Å². The fourth-order valence-electron chi connectivity index (χ4n) is 3.06. The maximum absolute atomic E-state index is 12.8. The SMILES string of the molecule is Cc1nc(C)c(C(=O)NCCCc2ccccc2)c(-c2cccc(Cl)c2)n1. The summed E-state index contributed by atoms with van der Waals surface area (Å²) < 4.78 is 0. The molecule has 1 N–H and O–H groups in total. The molecule has 0 radical (unpaired) electrons. The highest BCUT2D eigenvalue weighted by Gasteiger charge is 2.19. The molecule has 0 fully saturated rings. The van der Waals surface area contributed by atoms with Crippen LogP contribution in [0.5, 0.6) is 0 Å². The number of nitrogens with one attached hydrogen (secondary N) is 1. The number of rotatable bonds is 6. The van der Waals surface area contributed by atoms with Crippen LogP contribution in [0.1, 0.15) is 33.9 Å². The number of hydrogen-bond donors (Lipinski definition) is 1. The average Bonchev–Trinajstić information content (AvgIpc) is 2.65. The van der Waals surface area contributed by atoms with Crippen LogP contribution >= 0.6 is 11.6 Å². The number of carbonyl (C=O) groups excluding carboxylic acids is 1. The molecular weight excluding hydrogens is 358 g/mol. The Kier molecular flexibility index (Phi) is 6.20. The summed E-state index contributed by atoms with van der Waals surface area (Å²) in [6, 6.07) is 17.6. The van der Waals surface area contributed by atoms with Gasteiger partial charge < -0.3 is 5.32 Å². The van der Waals surface area contributed by atoms with Gasteiger partial charge in [0.05, 0.1) is 17.0 Å². The maximum atomic E-state index is 12.8. The third-order valence-corrected chi connectivity index (χ3v) is 4.53. The van der Waals surface area contributed by atoms with Gasteiger partial charge in [0.15, 0.2) is 0 Å². The van der Waals surface area contributed by atoms with Gasteiger partial charge >= 0.3 is 0 Å². The molecule has 27 heavy (non-hydrogen) atoms. The molecule has 3 aromatic rings. The van der Waals surface area contributed by atoms with Crippen LogP contribution in [0.4, 0.5) is 0 Å². The highest BCUT2D eigenvalue weighted by molar-refractivity contribution is 6.30. The molecule has 0 saturated heterocycles. The summed E-state index contributed by atoms with van der Waals surface area (Å²) in [6.07, 6.45) is 1.79. The van der Waals surface area contributed by atoms with Gasteiger partial charge in [-0.3, -0.25) is 4.79 Å². The van der Waals surface area contributed by atoms with E-state index >= 15 is 0 Å². The molecule has 1 heterocycles. The van der Waals surface area contributed by atoms with Crippen LogP contribution in [0, 0.1) is 13.8 Å². The molecule has 5 heteroatoms. The molecule has 0 spiro atoms. The van der Waals surface area contributed by atoms with E-state index in [1.807, 2.05) is 50.2 Å². The summed E-state index contributed by atoms with van der Waals surface area (Å²) in [5, 5.41) is 3.61. The minimum atomic E-state index is -0.157. The molecule has 0 unspecified atom stereocenters. The van der Waals surface area contributed by atoms with Gasteiger partial charge in [0.25, 0.3) is 5.91 Å². The van der Waals surface area contributed by atoms with Crippen molar-refractivity contribution in [3.05, 3.63) is 82.3 Å². The van der Waals surface area contributed by atoms with Crippen LogP contribution in [0.25, 0.3) is 11.3 Å². The predicted octanol–water partition coefficient (Wildman–Crippen LogP) is 4.78. The third kappa shape index (κ3) is 4.92. The number of carbonyl (C=O) groups is 1. The Morgan fingerprint density at radius 2 is 1.81 bits per heavy atom. The summed E-state index contributed by atoms with van der Waals surface area (Å²) in [7, 11) is 0. The number of benzene rings is 2. The van der Waals surface area contributed by atoms with Crippen LogP contribution in [0.3, 0.4) is 0 Å². The number of nitrogens with zero attached hydrogens (tertiary/aromatic N) is 2. The Balaban J connectivity index is 1.76. The van der Waals surface area contributed by atoms with Crippen LogP contribution in [-0.2, 0) is 6.42 Å². The molecule has 0 bridgehead atoms. The second kappa shape index (κ2) is 8.78. The van der Waals surface area contributed by atoms with Crippen molar-refractivity contribution in [3.63, 3.8) is 0 Å². The molecule has 1 aromatic heterocycles. The highest BCUT2D eigenvalue weighted by atomic mass is 35.5. The van der Waals surface area contributed by atoms with E-state index in [4.69, 9.17) is 11.6 Å². The quantitative estimate of drug-likeness (QED) is 0.627. The smallest absolute Gasteiger partial charge is 0.255 e. The lowest BCUT2D eigenvalue weighted by Gasteiger charge is -2.13. The third-order valence-electron chi connectivity index (χ3n) is 4.30. The van der Waals surface area contributed by atoms with Crippen molar-refractivity contribution in [2.24, 2.45) is 0 Å². The molecule has 3 rings (SSSR count). The highest BCUT2D eigenvalue weighted by Crippen LogP contribution is 2.26. The van der Waals surface area contributed by atoms with E-state index in [0.717, 1.165) is 18.4 Å². The minimum Gasteiger partial charge on any atom is -0.352 e. The molecule has 138 valence electrons. The summed E-state index contributed by atoms with van der Waals surface area (Å²) in [4.78, 5) is 21.7. The normalized spacial score (nSPS) is 10.6. The van der Waals surface area contributed by atoms with Crippen LogP contribution in [-0.4, -0.2) is 22.4 Å². The van der Waals surface area contributed by atoms with Gasteiger partial charge in [0.2, 0.25) is 0 Å². The number of hydrogen-bond acceptors (Lipinski definition) is 3. The maximum Gasteiger partial charge on any atom is 0.255 e. The molecular formula is C22H22ClN3O. The van der Waals surface area contributed by atoms with Crippen molar-refractivity contribution >= 4 is 17.5 Å². The molecule has 4 nitrogen and oxygen atoms in total. The Labute approximate surface area is 164 Å². The topological polar surface area (TPSA) is 54.9 Å². The van der Waals surface area contributed by atoms with Crippen molar-refractivity contribution in [2.75, 3.05) is 6.54 Å². The fourth-order valence-corrected chi connectivity index (χ4v) is 3.25. The van der Waals surface area contributed by atoms with Crippen molar-refractivity contribution < 1.29 is 4.79 Å². The lowest BCUT2D eigenvalue weighted by molar-refractivity contribution is 0.0952. The van der Waals surface area contributed by atoms with Crippen LogP contribution < -0.4 is 5.32 Å².